The van der Waals surface area contributed by atoms with Crippen molar-refractivity contribution in [3.63, 3.8) is 0 Å². The molecular formula is C14H22O. The third kappa shape index (κ3) is 2.50. The summed E-state index contributed by atoms with van der Waals surface area (Å²) in [6, 6.07) is 0. The Balaban J connectivity index is 1.78. The Morgan fingerprint density at radius 2 is 2.20 bits per heavy atom. The number of carbonyl (C=O) groups excluding carboxylic acids is 1. The van der Waals surface area contributed by atoms with Gasteiger partial charge in [-0.2, -0.15) is 0 Å². The highest BCUT2D eigenvalue weighted by molar-refractivity contribution is 5.98. The van der Waals surface area contributed by atoms with Gasteiger partial charge in [-0.05, 0) is 37.2 Å². The number of unbranched alkanes of at least 4 members (excludes halogenated alkanes) is 3. The maximum atomic E-state index is 12.0. The summed E-state index contributed by atoms with van der Waals surface area (Å²) in [7, 11) is 0. The fraction of sp³-hybridized carbons (Fsp3) is 0.786. The Hall–Kier alpha value is -0.590. The topological polar surface area (TPSA) is 17.1 Å². The molecule has 0 spiro atoms. The average Bonchev–Trinajstić information content (AvgIpc) is 2.64. The second kappa shape index (κ2) is 4.96. The van der Waals surface area contributed by atoms with Crippen LogP contribution in [0.1, 0.15) is 58.3 Å². The molecule has 15 heavy (non-hydrogen) atoms. The standard InChI is InChI=1S/C14H22O/c1-2-3-4-5-6-12-9-11-7-8-13(10-11)14(12)15/h8,11-12H,2-7,9-10H2,1H3. The maximum absolute atomic E-state index is 12.0. The van der Waals surface area contributed by atoms with Crippen molar-refractivity contribution in [1.82, 2.24) is 0 Å². The van der Waals surface area contributed by atoms with Crippen LogP contribution in [0.25, 0.3) is 0 Å². The zero-order valence-corrected chi connectivity index (χ0v) is 9.80. The van der Waals surface area contributed by atoms with Gasteiger partial charge < -0.3 is 0 Å². The third-order valence-electron chi connectivity index (χ3n) is 3.92. The normalized spacial score (nSPS) is 29.4. The molecule has 2 rings (SSSR count). The van der Waals surface area contributed by atoms with Gasteiger partial charge >= 0.3 is 0 Å². The van der Waals surface area contributed by atoms with E-state index in [-0.39, 0.29) is 0 Å². The fourth-order valence-electron chi connectivity index (χ4n) is 3.01. The zero-order chi connectivity index (χ0) is 10.7. The number of rotatable bonds is 5. The van der Waals surface area contributed by atoms with Gasteiger partial charge in [0.05, 0.1) is 0 Å². The van der Waals surface area contributed by atoms with Crippen LogP contribution in [0.4, 0.5) is 0 Å². The first-order valence-electron chi connectivity index (χ1n) is 6.54. The first kappa shape index (κ1) is 10.9. The second-order valence-electron chi connectivity index (χ2n) is 5.18. The first-order chi connectivity index (χ1) is 7.31. The van der Waals surface area contributed by atoms with Crippen molar-refractivity contribution in [3.05, 3.63) is 11.6 Å². The molecule has 0 amide bonds. The Morgan fingerprint density at radius 1 is 1.33 bits per heavy atom. The second-order valence-corrected chi connectivity index (χ2v) is 5.18. The van der Waals surface area contributed by atoms with Crippen molar-refractivity contribution in [2.45, 2.75) is 58.3 Å². The van der Waals surface area contributed by atoms with E-state index in [2.05, 4.69) is 13.0 Å². The molecular weight excluding hydrogens is 184 g/mol. The summed E-state index contributed by atoms with van der Waals surface area (Å²) in [6.07, 6.45) is 11.9. The quantitative estimate of drug-likeness (QED) is 0.624. The van der Waals surface area contributed by atoms with Crippen molar-refractivity contribution >= 4 is 5.78 Å². The largest absolute Gasteiger partial charge is 0.294 e. The lowest BCUT2D eigenvalue weighted by atomic mass is 9.79. The van der Waals surface area contributed by atoms with Crippen molar-refractivity contribution < 1.29 is 4.79 Å². The Bertz CT molecular complexity index is 265. The minimum atomic E-state index is 0.384. The van der Waals surface area contributed by atoms with E-state index in [4.69, 9.17) is 0 Å². The number of allylic oxidation sites excluding steroid dienone is 2. The van der Waals surface area contributed by atoms with E-state index in [0.717, 1.165) is 24.3 Å². The van der Waals surface area contributed by atoms with E-state index in [0.29, 0.717) is 11.7 Å². The summed E-state index contributed by atoms with van der Waals surface area (Å²) in [5, 5.41) is 0. The molecule has 0 aliphatic heterocycles. The molecule has 1 saturated carbocycles. The van der Waals surface area contributed by atoms with Crippen molar-refractivity contribution in [2.75, 3.05) is 0 Å². The smallest absolute Gasteiger partial charge is 0.161 e. The molecule has 0 heterocycles. The van der Waals surface area contributed by atoms with E-state index in [9.17, 15) is 4.79 Å². The Labute approximate surface area is 92.9 Å². The SMILES string of the molecule is CCCCCCC1CC2CC=C(C2)C1=O. The summed E-state index contributed by atoms with van der Waals surface area (Å²) in [5.74, 6) is 1.68. The minimum absolute atomic E-state index is 0.384. The Kier molecular flexibility index (Phi) is 3.61. The van der Waals surface area contributed by atoms with E-state index in [1.165, 1.54) is 38.5 Å². The molecule has 1 nitrogen and oxygen atoms in total. The molecule has 2 aliphatic rings. The van der Waals surface area contributed by atoms with Crippen LogP contribution in [0.3, 0.4) is 0 Å². The molecule has 2 bridgehead atoms. The molecule has 1 fully saturated rings. The van der Waals surface area contributed by atoms with E-state index >= 15 is 0 Å². The molecule has 0 N–H and O–H groups in total. The number of hydrogen-bond acceptors (Lipinski definition) is 1. The van der Waals surface area contributed by atoms with Crippen LogP contribution in [0, 0.1) is 11.8 Å². The molecule has 1 heteroatoms. The lowest BCUT2D eigenvalue weighted by Gasteiger charge is -2.24. The number of carbonyl (C=O) groups is 1. The molecule has 84 valence electrons. The monoisotopic (exact) mass is 206 g/mol. The molecule has 0 radical (unpaired) electrons. The van der Waals surface area contributed by atoms with E-state index < -0.39 is 0 Å². The lowest BCUT2D eigenvalue weighted by Crippen LogP contribution is -2.23. The van der Waals surface area contributed by atoms with Gasteiger partial charge in [-0.15, -0.1) is 0 Å². The fourth-order valence-corrected chi connectivity index (χ4v) is 3.01. The van der Waals surface area contributed by atoms with Gasteiger partial charge in [0.15, 0.2) is 5.78 Å². The lowest BCUT2D eigenvalue weighted by molar-refractivity contribution is -0.121. The molecule has 2 aliphatic carbocycles. The summed E-state index contributed by atoms with van der Waals surface area (Å²) < 4.78 is 0. The molecule has 0 aromatic heterocycles. The molecule has 0 aromatic rings. The van der Waals surface area contributed by atoms with Crippen molar-refractivity contribution in [1.29, 1.82) is 0 Å². The van der Waals surface area contributed by atoms with Crippen LogP contribution in [0.5, 0.6) is 0 Å². The number of fused-ring (bicyclic) bond motifs is 2. The van der Waals surface area contributed by atoms with Crippen LogP contribution in [0.15, 0.2) is 11.6 Å². The van der Waals surface area contributed by atoms with E-state index in [1.54, 1.807) is 0 Å². The summed E-state index contributed by atoms with van der Waals surface area (Å²) >= 11 is 0. The van der Waals surface area contributed by atoms with Crippen LogP contribution in [0.2, 0.25) is 0 Å². The van der Waals surface area contributed by atoms with Crippen LogP contribution < -0.4 is 0 Å². The molecule has 2 unspecified atom stereocenters. The highest BCUT2D eigenvalue weighted by Crippen LogP contribution is 2.39. The molecule has 2 atom stereocenters. The van der Waals surface area contributed by atoms with Gasteiger partial charge in [0.25, 0.3) is 0 Å². The van der Waals surface area contributed by atoms with Crippen LogP contribution >= 0.6 is 0 Å². The minimum Gasteiger partial charge on any atom is -0.294 e. The first-order valence-corrected chi connectivity index (χ1v) is 6.54. The Morgan fingerprint density at radius 3 is 3.00 bits per heavy atom. The van der Waals surface area contributed by atoms with Crippen molar-refractivity contribution in [2.24, 2.45) is 11.8 Å². The van der Waals surface area contributed by atoms with Gasteiger partial charge in [0.2, 0.25) is 0 Å². The third-order valence-corrected chi connectivity index (χ3v) is 3.92. The summed E-state index contributed by atoms with van der Waals surface area (Å²) in [4.78, 5) is 12.0. The molecule has 0 aromatic carbocycles. The summed E-state index contributed by atoms with van der Waals surface area (Å²) in [5.41, 5.74) is 1.16. The predicted molar refractivity (Wildman–Crippen MR) is 62.7 cm³/mol. The van der Waals surface area contributed by atoms with Gasteiger partial charge in [-0.25, -0.2) is 0 Å². The van der Waals surface area contributed by atoms with Gasteiger partial charge in [0, 0.05) is 5.92 Å². The number of Topliss-reactive ketones (excluding diaryl/α,β-unsaturated/α-hetero) is 1. The van der Waals surface area contributed by atoms with Crippen LogP contribution in [-0.2, 0) is 4.79 Å². The predicted octanol–water partition coefficient (Wildman–Crippen LogP) is 3.88. The van der Waals surface area contributed by atoms with Crippen LogP contribution in [-0.4, -0.2) is 5.78 Å². The van der Waals surface area contributed by atoms with Gasteiger partial charge in [-0.1, -0.05) is 38.7 Å². The van der Waals surface area contributed by atoms with Gasteiger partial charge in [0.1, 0.15) is 0 Å². The average molecular weight is 206 g/mol. The molecule has 0 saturated heterocycles. The van der Waals surface area contributed by atoms with Gasteiger partial charge in [-0.3, -0.25) is 4.79 Å². The summed E-state index contributed by atoms with van der Waals surface area (Å²) in [6.45, 7) is 2.23. The highest BCUT2D eigenvalue weighted by atomic mass is 16.1. The number of ketones is 1. The highest BCUT2D eigenvalue weighted by Gasteiger charge is 2.34. The maximum Gasteiger partial charge on any atom is 0.161 e. The number of hydrogen-bond donors (Lipinski definition) is 0. The van der Waals surface area contributed by atoms with E-state index in [1.807, 2.05) is 0 Å². The van der Waals surface area contributed by atoms with Crippen molar-refractivity contribution in [3.8, 4) is 0 Å². The zero-order valence-electron chi connectivity index (χ0n) is 9.80.